The molecule has 0 bridgehead atoms. The van der Waals surface area contributed by atoms with Crippen LogP contribution in [0, 0.1) is 5.92 Å². The molecule has 1 N–H and O–H groups in total. The van der Waals surface area contributed by atoms with Crippen molar-refractivity contribution < 1.29 is 14.3 Å². The molecule has 2 aliphatic heterocycles. The molecular weight excluding hydrogens is 374 g/mol. The first-order valence-corrected chi connectivity index (χ1v) is 9.90. The van der Waals surface area contributed by atoms with E-state index in [1.807, 2.05) is 29.2 Å². The van der Waals surface area contributed by atoms with Gasteiger partial charge in [0.2, 0.25) is 5.82 Å². The summed E-state index contributed by atoms with van der Waals surface area (Å²) >= 11 is 0. The Morgan fingerprint density at radius 1 is 1.17 bits per heavy atom. The summed E-state index contributed by atoms with van der Waals surface area (Å²) in [6, 6.07) is 7.75. The molecule has 0 saturated carbocycles. The lowest BCUT2D eigenvalue weighted by Gasteiger charge is -2.27. The lowest BCUT2D eigenvalue weighted by atomic mass is 9.97. The van der Waals surface area contributed by atoms with E-state index in [2.05, 4.69) is 10.1 Å². The molecule has 9 nitrogen and oxygen atoms in total. The minimum Gasteiger partial charge on any atom is -0.378 e. The zero-order valence-electron chi connectivity index (χ0n) is 16.5. The Bertz CT molecular complexity index is 960. The predicted molar refractivity (Wildman–Crippen MR) is 105 cm³/mol. The van der Waals surface area contributed by atoms with Crippen LogP contribution < -0.4 is 5.69 Å². The number of aryl methyl sites for hydroxylation is 1. The van der Waals surface area contributed by atoms with Crippen LogP contribution in [0.4, 0.5) is 0 Å². The molecule has 2 aromatic rings. The average molecular weight is 399 g/mol. The van der Waals surface area contributed by atoms with Crippen LogP contribution >= 0.6 is 0 Å². The molecule has 2 saturated heterocycles. The molecule has 0 spiro atoms. The number of aromatic nitrogens is 3. The molecule has 2 amide bonds. The predicted octanol–water partition coefficient (Wildman–Crippen LogP) is 0.286. The van der Waals surface area contributed by atoms with E-state index in [-0.39, 0.29) is 17.6 Å². The molecular formula is C20H25N5O4. The van der Waals surface area contributed by atoms with Crippen molar-refractivity contribution in [3.63, 3.8) is 0 Å². The standard InChI is InChI=1S/C20H25N5O4/c1-23-20(28)21-17(22-23)19(27)25-6-5-15(13-25)11-14-3-2-4-16(12-14)18(26)24-7-9-29-10-8-24/h2-4,12,15H,5-11,13H2,1H3,(H,21,22,28). The molecule has 1 unspecified atom stereocenters. The number of ether oxygens (including phenoxy) is 1. The number of hydrogen-bond donors (Lipinski definition) is 1. The summed E-state index contributed by atoms with van der Waals surface area (Å²) in [6.45, 7) is 3.65. The Kier molecular flexibility index (Phi) is 5.48. The Balaban J connectivity index is 1.38. The smallest absolute Gasteiger partial charge is 0.343 e. The largest absolute Gasteiger partial charge is 0.378 e. The number of carbonyl (C=O) groups excluding carboxylic acids is 2. The number of nitrogens with one attached hydrogen (secondary N) is 1. The van der Waals surface area contributed by atoms with Crippen molar-refractivity contribution in [2.45, 2.75) is 12.8 Å². The van der Waals surface area contributed by atoms with E-state index in [0.717, 1.165) is 23.1 Å². The van der Waals surface area contributed by atoms with Gasteiger partial charge in [0.25, 0.3) is 11.8 Å². The summed E-state index contributed by atoms with van der Waals surface area (Å²) < 4.78 is 6.44. The van der Waals surface area contributed by atoms with Crippen LogP contribution in [0.25, 0.3) is 0 Å². The zero-order valence-corrected chi connectivity index (χ0v) is 16.5. The van der Waals surface area contributed by atoms with E-state index in [4.69, 9.17) is 4.74 Å². The van der Waals surface area contributed by atoms with Gasteiger partial charge in [0.15, 0.2) is 0 Å². The van der Waals surface area contributed by atoms with Gasteiger partial charge in [-0.3, -0.25) is 14.6 Å². The lowest BCUT2D eigenvalue weighted by Crippen LogP contribution is -2.40. The Hall–Kier alpha value is -2.94. The fourth-order valence-corrected chi connectivity index (χ4v) is 3.95. The van der Waals surface area contributed by atoms with Gasteiger partial charge >= 0.3 is 5.69 Å². The highest BCUT2D eigenvalue weighted by atomic mass is 16.5. The van der Waals surface area contributed by atoms with Gasteiger partial charge < -0.3 is 14.5 Å². The van der Waals surface area contributed by atoms with Crippen molar-refractivity contribution in [3.05, 3.63) is 51.7 Å². The van der Waals surface area contributed by atoms with Gasteiger partial charge in [-0.1, -0.05) is 12.1 Å². The van der Waals surface area contributed by atoms with E-state index in [1.165, 1.54) is 7.05 Å². The zero-order chi connectivity index (χ0) is 20.4. The maximum atomic E-state index is 12.7. The third kappa shape index (κ3) is 4.24. The summed E-state index contributed by atoms with van der Waals surface area (Å²) in [7, 11) is 1.51. The number of morpholine rings is 1. The number of carbonyl (C=O) groups is 2. The summed E-state index contributed by atoms with van der Waals surface area (Å²) in [5.41, 5.74) is 1.39. The van der Waals surface area contributed by atoms with Crippen LogP contribution in [-0.2, 0) is 18.2 Å². The summed E-state index contributed by atoms with van der Waals surface area (Å²) in [6.07, 6.45) is 1.68. The normalized spacial score (nSPS) is 19.6. The number of rotatable bonds is 4. The maximum Gasteiger partial charge on any atom is 0.343 e. The fourth-order valence-electron chi connectivity index (χ4n) is 3.95. The molecule has 2 fully saturated rings. The van der Waals surface area contributed by atoms with Crippen LogP contribution in [0.5, 0.6) is 0 Å². The highest BCUT2D eigenvalue weighted by Gasteiger charge is 2.29. The van der Waals surface area contributed by atoms with Gasteiger partial charge in [-0.25, -0.2) is 9.48 Å². The van der Waals surface area contributed by atoms with E-state index >= 15 is 0 Å². The Labute approximate surface area is 168 Å². The second kappa shape index (κ2) is 8.20. The van der Waals surface area contributed by atoms with Crippen LogP contribution in [0.1, 0.15) is 33.0 Å². The van der Waals surface area contributed by atoms with Crippen LogP contribution in [0.3, 0.4) is 0 Å². The highest BCUT2D eigenvalue weighted by molar-refractivity contribution is 5.94. The van der Waals surface area contributed by atoms with Crippen LogP contribution in [0.15, 0.2) is 29.1 Å². The van der Waals surface area contributed by atoms with E-state index < -0.39 is 5.69 Å². The number of nitrogens with zero attached hydrogens (tertiary/aromatic N) is 4. The quantitative estimate of drug-likeness (QED) is 0.796. The van der Waals surface area contributed by atoms with Gasteiger partial charge in [-0.05, 0) is 36.5 Å². The molecule has 0 radical (unpaired) electrons. The molecule has 9 heteroatoms. The van der Waals surface area contributed by atoms with Crippen molar-refractivity contribution in [2.75, 3.05) is 39.4 Å². The van der Waals surface area contributed by atoms with Crippen molar-refractivity contribution in [3.8, 4) is 0 Å². The van der Waals surface area contributed by atoms with E-state index in [9.17, 15) is 14.4 Å². The molecule has 154 valence electrons. The minimum atomic E-state index is -0.397. The van der Waals surface area contributed by atoms with Gasteiger partial charge in [-0.2, -0.15) is 0 Å². The number of benzene rings is 1. The highest BCUT2D eigenvalue weighted by Crippen LogP contribution is 2.22. The van der Waals surface area contributed by atoms with Crippen molar-refractivity contribution in [1.82, 2.24) is 24.6 Å². The monoisotopic (exact) mass is 399 g/mol. The molecule has 1 aromatic heterocycles. The third-order valence-electron chi connectivity index (χ3n) is 5.54. The van der Waals surface area contributed by atoms with Gasteiger partial charge in [0.05, 0.1) is 13.2 Å². The van der Waals surface area contributed by atoms with Crippen molar-refractivity contribution in [1.29, 1.82) is 0 Å². The number of H-pyrrole nitrogens is 1. The average Bonchev–Trinajstić information content (AvgIpc) is 3.34. The van der Waals surface area contributed by atoms with Crippen LogP contribution in [-0.4, -0.2) is 75.8 Å². The summed E-state index contributed by atoms with van der Waals surface area (Å²) in [4.78, 5) is 42.8. The molecule has 4 rings (SSSR count). The third-order valence-corrected chi connectivity index (χ3v) is 5.54. The topological polar surface area (TPSA) is 101 Å². The lowest BCUT2D eigenvalue weighted by molar-refractivity contribution is 0.0303. The number of amides is 2. The molecule has 3 heterocycles. The Morgan fingerprint density at radius 2 is 1.97 bits per heavy atom. The van der Waals surface area contributed by atoms with Crippen molar-refractivity contribution >= 4 is 11.8 Å². The first-order chi connectivity index (χ1) is 14.0. The first-order valence-electron chi connectivity index (χ1n) is 9.90. The summed E-state index contributed by atoms with van der Waals surface area (Å²) in [5.74, 6) is 0.179. The molecule has 1 atom stereocenters. The van der Waals surface area contributed by atoms with Gasteiger partial charge in [0, 0.05) is 38.8 Å². The fraction of sp³-hybridized carbons (Fsp3) is 0.500. The number of aromatic amines is 1. The second-order valence-corrected chi connectivity index (χ2v) is 7.62. The SMILES string of the molecule is Cn1nc(C(=O)N2CCC(Cc3cccc(C(=O)N4CCOCC4)c3)C2)[nH]c1=O. The van der Waals surface area contributed by atoms with Crippen LogP contribution in [0.2, 0.25) is 0 Å². The minimum absolute atomic E-state index is 0.0393. The molecule has 0 aliphatic carbocycles. The maximum absolute atomic E-state index is 12.7. The van der Waals surface area contributed by atoms with Crippen molar-refractivity contribution in [2.24, 2.45) is 13.0 Å². The van der Waals surface area contributed by atoms with Gasteiger partial charge in [-0.15, -0.1) is 5.10 Å². The van der Waals surface area contributed by atoms with E-state index in [0.29, 0.717) is 50.9 Å². The number of hydrogen-bond acceptors (Lipinski definition) is 5. The van der Waals surface area contributed by atoms with Gasteiger partial charge in [0.1, 0.15) is 0 Å². The molecule has 29 heavy (non-hydrogen) atoms. The molecule has 2 aliphatic rings. The Morgan fingerprint density at radius 3 is 2.69 bits per heavy atom. The first kappa shape index (κ1) is 19.4. The summed E-state index contributed by atoms with van der Waals surface area (Å²) in [5, 5.41) is 3.95. The molecule has 1 aromatic carbocycles. The second-order valence-electron chi connectivity index (χ2n) is 7.62. The number of likely N-dealkylation sites (tertiary alicyclic amines) is 1. The van der Waals surface area contributed by atoms with E-state index in [1.54, 1.807) is 4.90 Å².